The highest BCUT2D eigenvalue weighted by molar-refractivity contribution is 9.11. The van der Waals surface area contributed by atoms with Crippen LogP contribution in [0.4, 0.5) is 5.69 Å². The molecule has 0 radical (unpaired) electrons. The second-order valence-electron chi connectivity index (χ2n) is 13.3. The highest BCUT2D eigenvalue weighted by Crippen LogP contribution is 2.48. The summed E-state index contributed by atoms with van der Waals surface area (Å²) in [4.78, 5) is 31.5. The second-order valence-corrected chi connectivity index (χ2v) is 15.0. The third kappa shape index (κ3) is 6.02. The molecule has 0 bridgehead atoms. The lowest BCUT2D eigenvalue weighted by atomic mass is 9.78. The van der Waals surface area contributed by atoms with Crippen molar-refractivity contribution < 1.29 is 19.8 Å². The van der Waals surface area contributed by atoms with Crippen molar-refractivity contribution in [3.63, 3.8) is 0 Å². The zero-order valence-electron chi connectivity index (χ0n) is 25.2. The standard InChI is InChI=1S/C35H36Br2N2O4/c1-34(2,3)20-16-18(17-21(31(20)41)35(4,5)6)10-15-26(40)38-25-9-7-8-19-11-14-24(39-30(19)25)29-32(42)27-22(36)12-13-23(37)28(27)33(29)43/h7-9,11-14,16-17,29,32,41-42H,10,15H2,1-6H3,(H,38,40). The molecule has 3 N–H and O–H groups in total. The summed E-state index contributed by atoms with van der Waals surface area (Å²) in [6.45, 7) is 12.4. The highest BCUT2D eigenvalue weighted by Gasteiger charge is 2.43. The van der Waals surface area contributed by atoms with Gasteiger partial charge in [-0.15, -0.1) is 0 Å². The number of pyridine rings is 1. The van der Waals surface area contributed by atoms with E-state index in [0.29, 0.717) is 49.1 Å². The molecule has 6 nitrogen and oxygen atoms in total. The number of ketones is 1. The van der Waals surface area contributed by atoms with Gasteiger partial charge in [-0.05, 0) is 58.2 Å². The molecule has 1 heterocycles. The van der Waals surface area contributed by atoms with Crippen LogP contribution in [0.25, 0.3) is 10.9 Å². The van der Waals surface area contributed by atoms with Gasteiger partial charge in [0.05, 0.1) is 28.9 Å². The maximum absolute atomic E-state index is 13.5. The second kappa shape index (κ2) is 11.5. The van der Waals surface area contributed by atoms with E-state index in [0.717, 1.165) is 22.1 Å². The lowest BCUT2D eigenvalue weighted by molar-refractivity contribution is -0.116. The summed E-state index contributed by atoms with van der Waals surface area (Å²) >= 11 is 6.93. The SMILES string of the molecule is CC(C)(C)c1cc(CCC(=O)Nc2cccc3ccc(C4C(=O)c5c(Br)ccc(Br)c5C4O)nc23)cc(C(C)(C)C)c1O. The van der Waals surface area contributed by atoms with Gasteiger partial charge in [-0.1, -0.05) is 104 Å². The first-order valence-electron chi connectivity index (χ1n) is 14.3. The van der Waals surface area contributed by atoms with E-state index < -0.39 is 12.0 Å². The van der Waals surface area contributed by atoms with Crippen molar-refractivity contribution in [2.45, 2.75) is 77.2 Å². The molecule has 2 atom stereocenters. The number of phenols is 1. The number of aliphatic hydroxyl groups is 1. The molecule has 1 aromatic heterocycles. The van der Waals surface area contributed by atoms with Crippen LogP contribution >= 0.6 is 31.9 Å². The van der Waals surface area contributed by atoms with E-state index in [-0.39, 0.29) is 28.9 Å². The number of nitrogens with one attached hydrogen (secondary N) is 1. The van der Waals surface area contributed by atoms with E-state index in [4.69, 9.17) is 4.98 Å². The fraction of sp³-hybridized carbons (Fsp3) is 0.343. The monoisotopic (exact) mass is 706 g/mol. The number of nitrogens with zero attached hydrogens (tertiary/aromatic N) is 1. The molecule has 2 unspecified atom stereocenters. The number of anilines is 1. The van der Waals surface area contributed by atoms with Crippen LogP contribution in [0, 0.1) is 0 Å². The summed E-state index contributed by atoms with van der Waals surface area (Å²) < 4.78 is 1.30. The lowest BCUT2D eigenvalue weighted by Gasteiger charge is -2.28. The van der Waals surface area contributed by atoms with Gasteiger partial charge in [0.2, 0.25) is 5.91 Å². The fourth-order valence-electron chi connectivity index (χ4n) is 5.76. The van der Waals surface area contributed by atoms with Crippen LogP contribution < -0.4 is 5.32 Å². The Morgan fingerprint density at radius 3 is 2.16 bits per heavy atom. The maximum atomic E-state index is 13.5. The van der Waals surface area contributed by atoms with Crippen molar-refractivity contribution in [3.8, 4) is 5.75 Å². The van der Waals surface area contributed by atoms with E-state index in [2.05, 4.69) is 78.7 Å². The summed E-state index contributed by atoms with van der Waals surface area (Å²) in [6, 6.07) is 16.8. The number of halogens is 2. The molecule has 0 saturated carbocycles. The average Bonchev–Trinajstić information content (AvgIpc) is 3.19. The van der Waals surface area contributed by atoms with E-state index >= 15 is 0 Å². The number of carbonyl (C=O) groups excluding carboxylic acids is 2. The van der Waals surface area contributed by atoms with Crippen LogP contribution in [0.15, 0.2) is 63.5 Å². The Morgan fingerprint density at radius 1 is 0.930 bits per heavy atom. The number of aromatic nitrogens is 1. The Labute approximate surface area is 269 Å². The maximum Gasteiger partial charge on any atom is 0.224 e. The van der Waals surface area contributed by atoms with Crippen molar-refractivity contribution in [2.24, 2.45) is 0 Å². The molecular weight excluding hydrogens is 672 g/mol. The number of benzene rings is 3. The summed E-state index contributed by atoms with van der Waals surface area (Å²) in [5, 5.41) is 26.1. The molecule has 0 spiro atoms. The van der Waals surface area contributed by atoms with Crippen LogP contribution in [-0.2, 0) is 22.0 Å². The lowest BCUT2D eigenvalue weighted by Crippen LogP contribution is -2.18. The zero-order chi connectivity index (χ0) is 31.4. The Kier molecular flexibility index (Phi) is 8.35. The highest BCUT2D eigenvalue weighted by atomic mass is 79.9. The number of hydrogen-bond donors (Lipinski definition) is 3. The van der Waals surface area contributed by atoms with Gasteiger partial charge in [0.1, 0.15) is 5.75 Å². The number of rotatable bonds is 5. The van der Waals surface area contributed by atoms with E-state index in [9.17, 15) is 19.8 Å². The van der Waals surface area contributed by atoms with Crippen LogP contribution in [0.2, 0.25) is 0 Å². The molecule has 1 aliphatic rings. The first kappa shape index (κ1) is 31.4. The van der Waals surface area contributed by atoms with Crippen LogP contribution in [0.3, 0.4) is 0 Å². The number of aromatic hydroxyl groups is 1. The van der Waals surface area contributed by atoms with Crippen LogP contribution in [-0.4, -0.2) is 26.9 Å². The van der Waals surface area contributed by atoms with Gasteiger partial charge in [0.15, 0.2) is 5.78 Å². The van der Waals surface area contributed by atoms with Gasteiger partial charge >= 0.3 is 0 Å². The predicted molar refractivity (Wildman–Crippen MR) is 178 cm³/mol. The van der Waals surface area contributed by atoms with Gasteiger partial charge in [0, 0.05) is 31.9 Å². The molecule has 1 aliphatic carbocycles. The van der Waals surface area contributed by atoms with Crippen molar-refractivity contribution in [2.75, 3.05) is 5.32 Å². The molecule has 0 saturated heterocycles. The third-order valence-corrected chi connectivity index (χ3v) is 9.40. The Morgan fingerprint density at radius 2 is 1.56 bits per heavy atom. The number of phenolic OH excluding ortho intramolecular Hbond substituents is 1. The minimum absolute atomic E-state index is 0.167. The molecule has 4 aromatic rings. The number of para-hydroxylation sites is 1. The van der Waals surface area contributed by atoms with Gasteiger partial charge in [-0.3, -0.25) is 9.59 Å². The molecule has 0 aliphatic heterocycles. The molecule has 43 heavy (non-hydrogen) atoms. The molecule has 3 aromatic carbocycles. The van der Waals surface area contributed by atoms with Crippen molar-refractivity contribution in [1.29, 1.82) is 0 Å². The number of aryl methyl sites for hydroxylation is 1. The molecule has 0 fully saturated rings. The quantitative estimate of drug-likeness (QED) is 0.193. The first-order valence-corrected chi connectivity index (χ1v) is 15.9. The molecule has 5 rings (SSSR count). The van der Waals surface area contributed by atoms with Crippen molar-refractivity contribution in [1.82, 2.24) is 4.98 Å². The number of amides is 1. The minimum Gasteiger partial charge on any atom is -0.507 e. The number of carbonyl (C=O) groups is 2. The number of Topliss-reactive ketones (excluding diaryl/α,β-unsaturated/α-hetero) is 1. The topological polar surface area (TPSA) is 99.5 Å². The van der Waals surface area contributed by atoms with E-state index in [1.807, 2.05) is 30.3 Å². The van der Waals surface area contributed by atoms with Crippen LogP contribution in [0.5, 0.6) is 5.75 Å². The largest absolute Gasteiger partial charge is 0.507 e. The molecule has 8 heteroatoms. The predicted octanol–water partition coefficient (Wildman–Crippen LogP) is 8.65. The zero-order valence-corrected chi connectivity index (χ0v) is 28.4. The van der Waals surface area contributed by atoms with Crippen molar-refractivity contribution >= 4 is 60.1 Å². The molecule has 224 valence electrons. The number of hydrogen-bond acceptors (Lipinski definition) is 5. The molecular formula is C35H36Br2N2O4. The van der Waals surface area contributed by atoms with Gasteiger partial charge in [-0.2, -0.15) is 0 Å². The van der Waals surface area contributed by atoms with Gasteiger partial charge < -0.3 is 15.5 Å². The van der Waals surface area contributed by atoms with Gasteiger partial charge in [-0.25, -0.2) is 4.98 Å². The van der Waals surface area contributed by atoms with E-state index in [1.165, 1.54) is 0 Å². The van der Waals surface area contributed by atoms with E-state index in [1.54, 1.807) is 24.3 Å². The van der Waals surface area contributed by atoms with Crippen molar-refractivity contribution in [3.05, 3.63) is 97.1 Å². The van der Waals surface area contributed by atoms with Crippen LogP contribution in [0.1, 0.15) is 98.3 Å². The smallest absolute Gasteiger partial charge is 0.224 e. The fourth-order valence-corrected chi connectivity index (χ4v) is 6.86. The van der Waals surface area contributed by atoms with Gasteiger partial charge in [0.25, 0.3) is 0 Å². The third-order valence-electron chi connectivity index (χ3n) is 8.04. The first-order chi connectivity index (χ1) is 20.1. The number of fused-ring (bicyclic) bond motifs is 2. The Hall–Kier alpha value is -3.07. The summed E-state index contributed by atoms with van der Waals surface area (Å²) in [7, 11) is 0. The molecule has 1 amide bonds. The minimum atomic E-state index is -1.05. The normalized spacial score (nSPS) is 16.9. The Balaban J connectivity index is 1.41. The summed E-state index contributed by atoms with van der Waals surface area (Å²) in [6.07, 6.45) is -0.306. The Bertz CT molecular complexity index is 1730. The summed E-state index contributed by atoms with van der Waals surface area (Å²) in [5.41, 5.74) is 4.75. The average molecular weight is 708 g/mol. The number of aliphatic hydroxyl groups excluding tert-OH is 1. The summed E-state index contributed by atoms with van der Waals surface area (Å²) in [5.74, 6) is -0.914.